The topological polar surface area (TPSA) is 40.8 Å². The number of benzene rings is 1. The van der Waals surface area contributed by atoms with Crippen LogP contribution in [0.2, 0.25) is 0 Å². The Labute approximate surface area is 162 Å². The van der Waals surface area contributed by atoms with Gasteiger partial charge in [-0.1, -0.05) is 6.42 Å². The van der Waals surface area contributed by atoms with E-state index in [0.717, 1.165) is 42.4 Å². The Balaban J connectivity index is 1.48. The van der Waals surface area contributed by atoms with Gasteiger partial charge in [0.15, 0.2) is 4.96 Å². The Hall–Kier alpha value is -2.25. The molecule has 0 N–H and O–H groups in total. The van der Waals surface area contributed by atoms with Crippen LogP contribution in [-0.4, -0.2) is 58.3 Å². The van der Waals surface area contributed by atoms with Crippen molar-refractivity contribution in [2.45, 2.75) is 19.3 Å². The molecule has 142 valence electrons. The smallest absolute Gasteiger partial charge is 0.271 e. The molecule has 0 unspecified atom stereocenters. The summed E-state index contributed by atoms with van der Waals surface area (Å²) in [5, 5.41) is 1.86. The molecule has 0 aliphatic carbocycles. The molecule has 0 radical (unpaired) electrons. The zero-order valence-corrected chi connectivity index (χ0v) is 16.2. The molecule has 0 saturated carbocycles. The monoisotopic (exact) mass is 386 g/mol. The van der Waals surface area contributed by atoms with E-state index in [0.29, 0.717) is 5.69 Å². The number of carbonyl (C=O) groups excluding carboxylic acids is 1. The van der Waals surface area contributed by atoms with E-state index in [1.807, 2.05) is 23.0 Å². The zero-order valence-electron chi connectivity index (χ0n) is 15.4. The molecule has 0 atom stereocenters. The molecule has 1 amide bonds. The van der Waals surface area contributed by atoms with E-state index in [1.165, 1.54) is 42.7 Å². The molecule has 0 spiro atoms. The van der Waals surface area contributed by atoms with E-state index in [2.05, 4.69) is 9.88 Å². The van der Waals surface area contributed by atoms with E-state index in [1.54, 1.807) is 17.0 Å². The number of fused-ring (bicyclic) bond motifs is 1. The van der Waals surface area contributed by atoms with Gasteiger partial charge in [-0.2, -0.15) is 0 Å². The van der Waals surface area contributed by atoms with Crippen molar-refractivity contribution in [3.05, 3.63) is 47.4 Å². The second-order valence-corrected chi connectivity index (χ2v) is 7.87. The minimum Gasteiger partial charge on any atom is -0.339 e. The number of nitrogens with zero attached hydrogens (tertiary/aromatic N) is 4. The van der Waals surface area contributed by atoms with Crippen molar-refractivity contribution in [3.63, 3.8) is 0 Å². The number of amides is 1. The summed E-state index contributed by atoms with van der Waals surface area (Å²) in [4.78, 5) is 22.5. The average molecular weight is 386 g/mol. The molecular formula is C20H23FN4OS. The van der Waals surface area contributed by atoms with Crippen molar-refractivity contribution in [2.24, 2.45) is 0 Å². The van der Waals surface area contributed by atoms with Crippen LogP contribution in [-0.2, 0) is 0 Å². The largest absolute Gasteiger partial charge is 0.339 e. The van der Waals surface area contributed by atoms with E-state index < -0.39 is 0 Å². The highest BCUT2D eigenvalue weighted by molar-refractivity contribution is 7.15. The number of likely N-dealkylation sites (N-methyl/N-ethyl adjacent to an activating group) is 1. The second kappa shape index (κ2) is 7.78. The van der Waals surface area contributed by atoms with Gasteiger partial charge in [0.05, 0.1) is 5.69 Å². The van der Waals surface area contributed by atoms with Crippen LogP contribution in [0.5, 0.6) is 0 Å². The Bertz CT molecular complexity index is 927. The summed E-state index contributed by atoms with van der Waals surface area (Å²) in [5.74, 6) is -0.271. The zero-order chi connectivity index (χ0) is 18.8. The third-order valence-corrected chi connectivity index (χ3v) is 5.96. The molecule has 0 bridgehead atoms. The number of hydrogen-bond donors (Lipinski definition) is 0. The Morgan fingerprint density at radius 3 is 2.70 bits per heavy atom. The van der Waals surface area contributed by atoms with E-state index in [9.17, 15) is 9.18 Å². The van der Waals surface area contributed by atoms with Gasteiger partial charge in [0, 0.05) is 37.3 Å². The summed E-state index contributed by atoms with van der Waals surface area (Å²) < 4.78 is 15.0. The fourth-order valence-electron chi connectivity index (χ4n) is 3.47. The molecule has 2 aromatic heterocycles. The molecular weight excluding hydrogens is 363 g/mol. The number of rotatable bonds is 5. The molecule has 1 saturated heterocycles. The third kappa shape index (κ3) is 3.89. The first-order valence-corrected chi connectivity index (χ1v) is 10.2. The highest BCUT2D eigenvalue weighted by atomic mass is 32.1. The number of piperidine rings is 1. The molecule has 4 rings (SSSR count). The molecule has 1 aliphatic rings. The maximum absolute atomic E-state index is 13.1. The lowest BCUT2D eigenvalue weighted by atomic mass is 10.1. The third-order valence-electron chi connectivity index (χ3n) is 5.12. The summed E-state index contributed by atoms with van der Waals surface area (Å²) in [6.45, 7) is 3.90. The lowest BCUT2D eigenvalue weighted by molar-refractivity contribution is 0.0766. The highest BCUT2D eigenvalue weighted by Gasteiger charge is 2.19. The minimum absolute atomic E-state index is 0.00122. The molecule has 5 nitrogen and oxygen atoms in total. The van der Waals surface area contributed by atoms with Gasteiger partial charge in [-0.25, -0.2) is 9.37 Å². The number of halogens is 1. The fourth-order valence-corrected chi connectivity index (χ4v) is 4.32. The van der Waals surface area contributed by atoms with Crippen LogP contribution in [0.4, 0.5) is 4.39 Å². The standard InChI is InChI=1S/C20H23FN4OS/c1-23(11-12-24-9-3-2-4-10-24)19(26)18-14-27-20-22-17(13-25(18)20)15-5-7-16(21)8-6-15/h5-8,13-14H,2-4,9-12H2,1H3. The van der Waals surface area contributed by atoms with Crippen LogP contribution in [0, 0.1) is 5.82 Å². The first-order valence-electron chi connectivity index (χ1n) is 9.32. The number of thiazole rings is 1. The minimum atomic E-state index is -0.272. The molecule has 1 aliphatic heterocycles. The lowest BCUT2D eigenvalue weighted by Gasteiger charge is -2.28. The Morgan fingerprint density at radius 2 is 1.96 bits per heavy atom. The Kier molecular flexibility index (Phi) is 5.22. The first-order chi connectivity index (χ1) is 13.1. The number of imidazole rings is 1. The van der Waals surface area contributed by atoms with Gasteiger partial charge < -0.3 is 9.80 Å². The van der Waals surface area contributed by atoms with Crippen molar-refractivity contribution in [2.75, 3.05) is 33.2 Å². The number of carbonyl (C=O) groups is 1. The van der Waals surface area contributed by atoms with Gasteiger partial charge in [-0.15, -0.1) is 11.3 Å². The fraction of sp³-hybridized carbons (Fsp3) is 0.400. The van der Waals surface area contributed by atoms with Crippen LogP contribution >= 0.6 is 11.3 Å². The van der Waals surface area contributed by atoms with E-state index >= 15 is 0 Å². The summed E-state index contributed by atoms with van der Waals surface area (Å²) in [7, 11) is 1.85. The van der Waals surface area contributed by atoms with Gasteiger partial charge in [0.25, 0.3) is 5.91 Å². The summed E-state index contributed by atoms with van der Waals surface area (Å²) >= 11 is 1.44. The summed E-state index contributed by atoms with van der Waals surface area (Å²) in [6, 6.07) is 6.24. The van der Waals surface area contributed by atoms with E-state index in [4.69, 9.17) is 0 Å². The predicted molar refractivity (Wildman–Crippen MR) is 106 cm³/mol. The van der Waals surface area contributed by atoms with Gasteiger partial charge in [-0.05, 0) is 50.2 Å². The van der Waals surface area contributed by atoms with Crippen molar-refractivity contribution in [1.82, 2.24) is 19.2 Å². The molecule has 3 heterocycles. The SMILES string of the molecule is CN(CCN1CCCCC1)C(=O)c1csc2nc(-c3ccc(F)cc3)cn12. The van der Waals surface area contributed by atoms with Gasteiger partial charge >= 0.3 is 0 Å². The molecule has 3 aromatic rings. The number of likely N-dealkylation sites (tertiary alicyclic amines) is 1. The second-order valence-electron chi connectivity index (χ2n) is 7.04. The van der Waals surface area contributed by atoms with E-state index in [-0.39, 0.29) is 11.7 Å². The van der Waals surface area contributed by atoms with Crippen LogP contribution in [0.25, 0.3) is 16.2 Å². The predicted octanol–water partition coefficient (Wildman–Crippen LogP) is 3.76. The van der Waals surface area contributed by atoms with Gasteiger partial charge in [-0.3, -0.25) is 9.20 Å². The molecule has 1 fully saturated rings. The average Bonchev–Trinajstić information content (AvgIpc) is 3.28. The number of hydrogen-bond acceptors (Lipinski definition) is 4. The summed E-state index contributed by atoms with van der Waals surface area (Å²) in [6.07, 6.45) is 5.67. The van der Waals surface area contributed by atoms with Crippen LogP contribution in [0.3, 0.4) is 0 Å². The molecule has 7 heteroatoms. The number of aromatic nitrogens is 2. The highest BCUT2D eigenvalue weighted by Crippen LogP contribution is 2.24. The van der Waals surface area contributed by atoms with Crippen molar-refractivity contribution in [3.8, 4) is 11.3 Å². The quantitative estimate of drug-likeness (QED) is 0.670. The molecule has 27 heavy (non-hydrogen) atoms. The van der Waals surface area contributed by atoms with Crippen molar-refractivity contribution in [1.29, 1.82) is 0 Å². The van der Waals surface area contributed by atoms with Crippen LogP contribution in [0.15, 0.2) is 35.8 Å². The Morgan fingerprint density at radius 1 is 1.22 bits per heavy atom. The van der Waals surface area contributed by atoms with Crippen LogP contribution < -0.4 is 0 Å². The van der Waals surface area contributed by atoms with Gasteiger partial charge in [0.1, 0.15) is 11.5 Å². The summed E-state index contributed by atoms with van der Waals surface area (Å²) in [5.41, 5.74) is 2.20. The van der Waals surface area contributed by atoms with Gasteiger partial charge in [0.2, 0.25) is 0 Å². The maximum atomic E-state index is 13.1. The maximum Gasteiger partial charge on any atom is 0.271 e. The van der Waals surface area contributed by atoms with Crippen molar-refractivity contribution < 1.29 is 9.18 Å². The van der Waals surface area contributed by atoms with Crippen molar-refractivity contribution >= 4 is 22.2 Å². The first kappa shape index (κ1) is 18.1. The normalized spacial score (nSPS) is 15.3. The van der Waals surface area contributed by atoms with Crippen LogP contribution in [0.1, 0.15) is 29.8 Å². The molecule has 1 aromatic carbocycles. The lowest BCUT2D eigenvalue weighted by Crippen LogP contribution is -2.38.